The van der Waals surface area contributed by atoms with Crippen molar-refractivity contribution in [3.63, 3.8) is 0 Å². The van der Waals surface area contributed by atoms with Gasteiger partial charge in [0.2, 0.25) is 0 Å². The van der Waals surface area contributed by atoms with Gasteiger partial charge in [0.15, 0.2) is 10.8 Å². The molecule has 12 heavy (non-hydrogen) atoms. The van der Waals surface area contributed by atoms with Crippen LogP contribution in [0.3, 0.4) is 0 Å². The van der Waals surface area contributed by atoms with Gasteiger partial charge in [-0.2, -0.15) is 0 Å². The van der Waals surface area contributed by atoms with Gasteiger partial charge in [-0.15, -0.1) is 5.43 Å². The number of nitro groups is 1. The average molecular weight is 192 g/mol. The van der Waals surface area contributed by atoms with Gasteiger partial charge in [0, 0.05) is 6.07 Å². The van der Waals surface area contributed by atoms with Crippen LogP contribution >= 0.6 is 11.6 Å². The first kappa shape index (κ1) is 8.66. The van der Waals surface area contributed by atoms with Crippen molar-refractivity contribution in [1.29, 1.82) is 0 Å². The Balaban J connectivity index is 2.97. The fraction of sp³-hybridized carbons (Fsp3) is 0. The molecular formula is C5H3ClFN3O2. The number of anilines is 1. The molecule has 0 radical (unpaired) electrons. The summed E-state index contributed by atoms with van der Waals surface area (Å²) in [5.41, 5.74) is 1.33. The maximum absolute atomic E-state index is 12.6. The first-order valence-corrected chi connectivity index (χ1v) is 3.19. The van der Waals surface area contributed by atoms with Gasteiger partial charge >= 0.3 is 0 Å². The molecule has 0 spiro atoms. The minimum absolute atomic E-state index is 0.0132. The molecule has 0 aliphatic heterocycles. The van der Waals surface area contributed by atoms with Crippen LogP contribution in [0.1, 0.15) is 0 Å². The third-order valence-corrected chi connectivity index (χ3v) is 1.24. The highest BCUT2D eigenvalue weighted by Crippen LogP contribution is 2.16. The van der Waals surface area contributed by atoms with E-state index in [2.05, 4.69) is 4.98 Å². The molecule has 0 saturated carbocycles. The summed E-state index contributed by atoms with van der Waals surface area (Å²) in [6.07, 6.45) is 0.800. The smallest absolute Gasteiger partial charge is 0.170 e. The summed E-state index contributed by atoms with van der Waals surface area (Å²) in [7, 11) is 0. The summed E-state index contributed by atoms with van der Waals surface area (Å²) < 4.78 is 12.6. The molecule has 1 aromatic rings. The second-order valence-electron chi connectivity index (χ2n) is 1.86. The normalized spacial score (nSPS) is 9.50. The number of nitrogens with one attached hydrogen (secondary N) is 1. The molecule has 0 unspecified atom stereocenters. The van der Waals surface area contributed by atoms with Gasteiger partial charge in [0.1, 0.15) is 10.8 Å². The summed E-state index contributed by atoms with van der Waals surface area (Å²) >= 11 is 5.36. The Kier molecular flexibility index (Phi) is 2.39. The van der Waals surface area contributed by atoms with Gasteiger partial charge in [-0.25, -0.2) is 19.5 Å². The number of aromatic nitrogens is 1. The second kappa shape index (κ2) is 3.31. The van der Waals surface area contributed by atoms with E-state index in [9.17, 15) is 14.5 Å². The van der Waals surface area contributed by atoms with Crippen molar-refractivity contribution >= 4 is 17.3 Å². The summed E-state index contributed by atoms with van der Waals surface area (Å²) in [4.78, 5) is 13.3. The predicted molar refractivity (Wildman–Crippen MR) is 39.8 cm³/mol. The lowest BCUT2D eigenvalue weighted by Crippen LogP contribution is -2.09. The van der Waals surface area contributed by atoms with Crippen LogP contribution in [0, 0.1) is 15.9 Å². The maximum Gasteiger partial charge on any atom is 0.170 e. The first-order valence-electron chi connectivity index (χ1n) is 2.81. The molecule has 0 aromatic carbocycles. The van der Waals surface area contributed by atoms with E-state index in [0.29, 0.717) is 0 Å². The molecule has 0 bridgehead atoms. The van der Waals surface area contributed by atoms with Gasteiger partial charge < -0.3 is 0 Å². The fourth-order valence-corrected chi connectivity index (χ4v) is 0.755. The van der Waals surface area contributed by atoms with Crippen LogP contribution in [-0.4, -0.2) is 10.0 Å². The molecule has 0 saturated heterocycles. The molecule has 5 nitrogen and oxygen atoms in total. The molecule has 0 aliphatic carbocycles. The molecule has 1 N–H and O–H groups in total. The number of hydrazine groups is 1. The zero-order chi connectivity index (χ0) is 9.14. The largest absolute Gasteiger partial charge is 0.241 e. The number of rotatable bonds is 2. The minimum Gasteiger partial charge on any atom is -0.241 e. The Morgan fingerprint density at radius 1 is 1.75 bits per heavy atom. The van der Waals surface area contributed by atoms with Crippen LogP contribution in [0.2, 0.25) is 5.15 Å². The molecule has 0 amide bonds. The number of hydrogen-bond acceptors (Lipinski definition) is 3. The maximum atomic E-state index is 12.6. The number of hydrogen-bond donors (Lipinski definition) is 1. The zero-order valence-electron chi connectivity index (χ0n) is 5.62. The highest BCUT2D eigenvalue weighted by molar-refractivity contribution is 6.29. The molecule has 1 aromatic heterocycles. The Hall–Kier alpha value is -1.43. The third-order valence-electron chi connectivity index (χ3n) is 1.03. The van der Waals surface area contributed by atoms with Crippen LogP contribution in [0.25, 0.3) is 0 Å². The lowest BCUT2D eigenvalue weighted by atomic mass is 10.4. The molecule has 1 rings (SSSR count). The predicted octanol–water partition coefficient (Wildman–Crippen LogP) is 1.48. The summed E-state index contributed by atoms with van der Waals surface area (Å²) in [5.74, 6) is -0.823. The molecule has 0 aliphatic rings. The van der Waals surface area contributed by atoms with Crippen LogP contribution in [0.5, 0.6) is 0 Å². The zero-order valence-corrected chi connectivity index (χ0v) is 6.38. The van der Waals surface area contributed by atoms with E-state index >= 15 is 0 Å². The van der Waals surface area contributed by atoms with Crippen molar-refractivity contribution in [2.75, 3.05) is 5.43 Å². The Bertz CT molecular complexity index is 320. The van der Waals surface area contributed by atoms with Crippen LogP contribution in [0.15, 0.2) is 12.3 Å². The fourth-order valence-electron chi connectivity index (χ4n) is 0.597. The Labute approximate surface area is 71.3 Å². The molecule has 0 fully saturated rings. The van der Waals surface area contributed by atoms with Crippen LogP contribution < -0.4 is 5.43 Å². The monoisotopic (exact) mass is 191 g/mol. The van der Waals surface area contributed by atoms with E-state index in [1.54, 1.807) is 5.43 Å². The average Bonchev–Trinajstić information content (AvgIpc) is 1.96. The first-order chi connectivity index (χ1) is 5.59. The lowest BCUT2D eigenvalue weighted by Gasteiger charge is -1.97. The van der Waals surface area contributed by atoms with Gasteiger partial charge in [0.25, 0.3) is 0 Å². The van der Waals surface area contributed by atoms with E-state index in [0.717, 1.165) is 12.3 Å². The standard InChI is InChI=1S/C5H3ClFN3O2/c6-5-1-4(9-10(11)12)3(7)2-8-5/h1-2H,(H,8,9). The number of nitrogens with zero attached hydrogens (tertiary/aromatic N) is 2. The highest BCUT2D eigenvalue weighted by atomic mass is 35.5. The quantitative estimate of drug-likeness (QED) is 0.437. The lowest BCUT2D eigenvalue weighted by molar-refractivity contribution is -0.445. The third kappa shape index (κ3) is 2.03. The topological polar surface area (TPSA) is 68.1 Å². The van der Waals surface area contributed by atoms with Crippen molar-refractivity contribution in [3.05, 3.63) is 33.3 Å². The van der Waals surface area contributed by atoms with Gasteiger partial charge in [-0.3, -0.25) is 0 Å². The summed E-state index contributed by atoms with van der Waals surface area (Å²) in [6.45, 7) is 0. The molecule has 64 valence electrons. The molecule has 7 heteroatoms. The van der Waals surface area contributed by atoms with Crippen LogP contribution in [-0.2, 0) is 0 Å². The van der Waals surface area contributed by atoms with Crippen molar-refractivity contribution in [1.82, 2.24) is 4.98 Å². The highest BCUT2D eigenvalue weighted by Gasteiger charge is 2.07. The van der Waals surface area contributed by atoms with Gasteiger partial charge in [-0.05, 0) is 0 Å². The number of pyridine rings is 1. The van der Waals surface area contributed by atoms with Crippen molar-refractivity contribution in [3.8, 4) is 0 Å². The summed E-state index contributed by atoms with van der Waals surface area (Å²) in [6, 6.07) is 1.03. The SMILES string of the molecule is O=[N+]([O-])Nc1cc(Cl)ncc1F. The molecule has 0 atom stereocenters. The minimum atomic E-state index is -0.880. The van der Waals surface area contributed by atoms with Gasteiger partial charge in [0.05, 0.1) is 6.20 Å². The summed E-state index contributed by atoms with van der Waals surface area (Å²) in [5, 5.41) is 9.00. The molecule has 1 heterocycles. The Morgan fingerprint density at radius 2 is 2.42 bits per heavy atom. The van der Waals surface area contributed by atoms with Crippen LogP contribution in [0.4, 0.5) is 10.1 Å². The second-order valence-corrected chi connectivity index (χ2v) is 2.24. The van der Waals surface area contributed by atoms with E-state index in [1.165, 1.54) is 0 Å². The van der Waals surface area contributed by atoms with E-state index < -0.39 is 10.8 Å². The van der Waals surface area contributed by atoms with Crippen molar-refractivity contribution in [2.45, 2.75) is 0 Å². The van der Waals surface area contributed by atoms with Crippen molar-refractivity contribution < 1.29 is 9.42 Å². The van der Waals surface area contributed by atoms with E-state index in [4.69, 9.17) is 11.6 Å². The number of halogens is 2. The Morgan fingerprint density at radius 3 is 3.00 bits per heavy atom. The van der Waals surface area contributed by atoms with E-state index in [1.807, 2.05) is 0 Å². The van der Waals surface area contributed by atoms with Gasteiger partial charge in [-0.1, -0.05) is 11.6 Å². The van der Waals surface area contributed by atoms with E-state index in [-0.39, 0.29) is 10.8 Å². The van der Waals surface area contributed by atoms with Crippen molar-refractivity contribution in [2.24, 2.45) is 0 Å². The molecular weight excluding hydrogens is 189 g/mol.